The van der Waals surface area contributed by atoms with E-state index in [1.165, 1.54) is 0 Å². The van der Waals surface area contributed by atoms with Gasteiger partial charge in [-0.1, -0.05) is 26.3 Å². The Bertz CT molecular complexity index is 261. The number of hydrogen-bond donors (Lipinski definition) is 1. The highest BCUT2D eigenvalue weighted by atomic mass is 16.2. The molecule has 0 aliphatic heterocycles. The Morgan fingerprint density at radius 3 is 2.47 bits per heavy atom. The summed E-state index contributed by atoms with van der Waals surface area (Å²) in [6.45, 7) is 7.64. The third-order valence-corrected chi connectivity index (χ3v) is 3.14. The highest BCUT2D eigenvalue weighted by Gasteiger charge is 2.26. The molecule has 0 aromatic rings. The SMILES string of the molecule is C=CCCCCC(=O)C(=O)C(NC)[C@@H](C)CC. The van der Waals surface area contributed by atoms with Crippen molar-refractivity contribution >= 4 is 11.6 Å². The Balaban J connectivity index is 4.17. The summed E-state index contributed by atoms with van der Waals surface area (Å²) >= 11 is 0. The third kappa shape index (κ3) is 5.78. The van der Waals surface area contributed by atoms with E-state index in [1.54, 1.807) is 7.05 Å². The van der Waals surface area contributed by atoms with Crippen LogP contribution < -0.4 is 5.32 Å². The number of nitrogens with one attached hydrogen (secondary N) is 1. The molecule has 0 amide bonds. The minimum absolute atomic E-state index is 0.199. The fourth-order valence-corrected chi connectivity index (χ4v) is 1.78. The molecule has 98 valence electrons. The standard InChI is InChI=1S/C14H25NO2/c1-5-7-8-9-10-12(16)14(17)13(15-4)11(3)6-2/h5,11,13,15H,1,6-10H2,2-4H3/t11-,13?/m0/s1. The van der Waals surface area contributed by atoms with Gasteiger partial charge in [0.15, 0.2) is 5.78 Å². The molecular formula is C14H25NO2. The number of unbranched alkanes of at least 4 members (excludes halogenated alkanes) is 2. The minimum Gasteiger partial charge on any atom is -0.310 e. The maximum Gasteiger partial charge on any atom is 0.215 e. The van der Waals surface area contributed by atoms with Crippen LogP contribution in [0.15, 0.2) is 12.7 Å². The van der Waals surface area contributed by atoms with Crippen LogP contribution in [-0.2, 0) is 9.59 Å². The van der Waals surface area contributed by atoms with Crippen molar-refractivity contribution < 1.29 is 9.59 Å². The van der Waals surface area contributed by atoms with E-state index >= 15 is 0 Å². The highest BCUT2D eigenvalue weighted by molar-refractivity contribution is 6.39. The van der Waals surface area contributed by atoms with Crippen molar-refractivity contribution in [2.75, 3.05) is 7.05 Å². The Hall–Kier alpha value is -0.960. The number of carbonyl (C=O) groups excluding carboxylic acids is 2. The molecule has 0 spiro atoms. The molecule has 0 aliphatic carbocycles. The molecule has 1 N–H and O–H groups in total. The number of hydrogen-bond acceptors (Lipinski definition) is 3. The summed E-state index contributed by atoms with van der Waals surface area (Å²) in [4.78, 5) is 23.6. The van der Waals surface area contributed by atoms with E-state index in [0.29, 0.717) is 6.42 Å². The molecule has 2 atom stereocenters. The van der Waals surface area contributed by atoms with Crippen LogP contribution >= 0.6 is 0 Å². The summed E-state index contributed by atoms with van der Waals surface area (Å²) in [5.41, 5.74) is 0. The lowest BCUT2D eigenvalue weighted by Gasteiger charge is -2.20. The van der Waals surface area contributed by atoms with Gasteiger partial charge in [-0.05, 0) is 32.2 Å². The van der Waals surface area contributed by atoms with Crippen LogP contribution in [-0.4, -0.2) is 24.7 Å². The minimum atomic E-state index is -0.327. The fourth-order valence-electron chi connectivity index (χ4n) is 1.78. The van der Waals surface area contributed by atoms with Gasteiger partial charge in [-0.2, -0.15) is 0 Å². The van der Waals surface area contributed by atoms with E-state index in [9.17, 15) is 9.59 Å². The molecule has 0 aromatic carbocycles. The molecule has 3 heteroatoms. The van der Waals surface area contributed by atoms with Crippen LogP contribution in [0.4, 0.5) is 0 Å². The molecule has 0 radical (unpaired) electrons. The smallest absolute Gasteiger partial charge is 0.215 e. The lowest BCUT2D eigenvalue weighted by atomic mass is 9.92. The van der Waals surface area contributed by atoms with Gasteiger partial charge in [0, 0.05) is 6.42 Å². The molecule has 0 aliphatic rings. The van der Waals surface area contributed by atoms with E-state index in [0.717, 1.165) is 25.7 Å². The average Bonchev–Trinajstić information content (AvgIpc) is 2.34. The Labute approximate surface area is 105 Å². The van der Waals surface area contributed by atoms with Gasteiger partial charge in [-0.25, -0.2) is 0 Å². The largest absolute Gasteiger partial charge is 0.310 e. The van der Waals surface area contributed by atoms with Crippen LogP contribution in [0.25, 0.3) is 0 Å². The zero-order valence-electron chi connectivity index (χ0n) is 11.3. The Kier molecular flexibility index (Phi) is 8.60. The van der Waals surface area contributed by atoms with Gasteiger partial charge in [0.05, 0.1) is 6.04 Å². The first-order chi connectivity index (χ1) is 8.08. The predicted octanol–water partition coefficient (Wildman–Crippen LogP) is 2.51. The molecule has 0 fully saturated rings. The van der Waals surface area contributed by atoms with Crippen LogP contribution in [0.1, 0.15) is 46.0 Å². The first-order valence-corrected chi connectivity index (χ1v) is 6.43. The topological polar surface area (TPSA) is 46.2 Å². The quantitative estimate of drug-likeness (QED) is 0.362. The number of likely N-dealkylation sites (N-methyl/N-ethyl adjacent to an activating group) is 1. The van der Waals surface area contributed by atoms with Gasteiger partial charge in [-0.15, -0.1) is 6.58 Å². The lowest BCUT2D eigenvalue weighted by molar-refractivity contribution is -0.138. The maximum absolute atomic E-state index is 11.9. The van der Waals surface area contributed by atoms with E-state index in [1.807, 2.05) is 19.9 Å². The van der Waals surface area contributed by atoms with Crippen molar-refractivity contribution in [2.24, 2.45) is 5.92 Å². The molecule has 0 aromatic heterocycles. The summed E-state index contributed by atoms with van der Waals surface area (Å²) < 4.78 is 0. The molecule has 17 heavy (non-hydrogen) atoms. The van der Waals surface area contributed by atoms with Crippen LogP contribution in [0, 0.1) is 5.92 Å². The normalized spacial score (nSPS) is 14.1. The first-order valence-electron chi connectivity index (χ1n) is 6.43. The lowest BCUT2D eigenvalue weighted by Crippen LogP contribution is -2.43. The van der Waals surface area contributed by atoms with Crippen LogP contribution in [0.3, 0.4) is 0 Å². The number of ketones is 2. The third-order valence-electron chi connectivity index (χ3n) is 3.14. The van der Waals surface area contributed by atoms with Crippen molar-refractivity contribution in [3.05, 3.63) is 12.7 Å². The van der Waals surface area contributed by atoms with Crippen LogP contribution in [0.5, 0.6) is 0 Å². The van der Waals surface area contributed by atoms with Crippen molar-refractivity contribution in [3.8, 4) is 0 Å². The number of allylic oxidation sites excluding steroid dienone is 1. The second-order valence-electron chi connectivity index (χ2n) is 4.47. The van der Waals surface area contributed by atoms with E-state index in [4.69, 9.17) is 0 Å². The van der Waals surface area contributed by atoms with Crippen molar-refractivity contribution in [1.82, 2.24) is 5.32 Å². The molecule has 0 rings (SSSR count). The Morgan fingerprint density at radius 2 is 2.00 bits per heavy atom. The molecule has 0 bridgehead atoms. The molecule has 1 unspecified atom stereocenters. The van der Waals surface area contributed by atoms with Gasteiger partial charge in [-0.3, -0.25) is 9.59 Å². The summed E-state index contributed by atoms with van der Waals surface area (Å²) in [5, 5.41) is 2.95. The number of carbonyl (C=O) groups is 2. The van der Waals surface area contributed by atoms with Crippen molar-refractivity contribution in [1.29, 1.82) is 0 Å². The monoisotopic (exact) mass is 239 g/mol. The summed E-state index contributed by atoms with van der Waals surface area (Å²) in [7, 11) is 1.74. The highest BCUT2D eigenvalue weighted by Crippen LogP contribution is 2.11. The van der Waals surface area contributed by atoms with Gasteiger partial charge in [0.2, 0.25) is 5.78 Å². The van der Waals surface area contributed by atoms with Gasteiger partial charge in [0.1, 0.15) is 0 Å². The average molecular weight is 239 g/mol. The molecular weight excluding hydrogens is 214 g/mol. The first kappa shape index (κ1) is 16.0. The second kappa shape index (κ2) is 9.11. The fraction of sp³-hybridized carbons (Fsp3) is 0.714. The van der Waals surface area contributed by atoms with Crippen LogP contribution in [0.2, 0.25) is 0 Å². The zero-order chi connectivity index (χ0) is 13.3. The van der Waals surface area contributed by atoms with E-state index in [2.05, 4.69) is 11.9 Å². The number of rotatable bonds is 10. The van der Waals surface area contributed by atoms with Crippen molar-refractivity contribution in [2.45, 2.75) is 52.0 Å². The van der Waals surface area contributed by atoms with E-state index < -0.39 is 0 Å². The number of Topliss-reactive ketones (excluding diaryl/α,β-unsaturated/α-hetero) is 2. The molecule has 0 saturated heterocycles. The molecule has 0 heterocycles. The van der Waals surface area contributed by atoms with Crippen molar-refractivity contribution in [3.63, 3.8) is 0 Å². The summed E-state index contributed by atoms with van der Waals surface area (Å²) in [6, 6.07) is -0.327. The molecule has 0 saturated carbocycles. The zero-order valence-corrected chi connectivity index (χ0v) is 11.3. The second-order valence-corrected chi connectivity index (χ2v) is 4.47. The van der Waals surface area contributed by atoms with Gasteiger partial charge < -0.3 is 5.32 Å². The van der Waals surface area contributed by atoms with Gasteiger partial charge >= 0.3 is 0 Å². The Morgan fingerprint density at radius 1 is 1.35 bits per heavy atom. The van der Waals surface area contributed by atoms with E-state index in [-0.39, 0.29) is 23.5 Å². The summed E-state index contributed by atoms with van der Waals surface area (Å²) in [5.74, 6) is -0.307. The predicted molar refractivity (Wildman–Crippen MR) is 71.0 cm³/mol. The van der Waals surface area contributed by atoms with Gasteiger partial charge in [0.25, 0.3) is 0 Å². The maximum atomic E-state index is 11.9. The summed E-state index contributed by atoms with van der Waals surface area (Å²) in [6.07, 6.45) is 5.69. The molecule has 3 nitrogen and oxygen atoms in total.